The monoisotopic (exact) mass is 317 g/mol. The zero-order valence-corrected chi connectivity index (χ0v) is 14.1. The fourth-order valence-corrected chi connectivity index (χ4v) is 2.79. The maximum Gasteiger partial charge on any atom is 0.220 e. The number of hydrogen-bond acceptors (Lipinski definition) is 3. The predicted molar refractivity (Wildman–Crippen MR) is 92.0 cm³/mol. The number of nitrogens with one attached hydrogen (secondary N) is 2. The Balaban J connectivity index is 1.90. The minimum absolute atomic E-state index is 0.138. The lowest BCUT2D eigenvalue weighted by Crippen LogP contribution is -2.46. The van der Waals surface area contributed by atoms with Crippen molar-refractivity contribution in [3.63, 3.8) is 0 Å². The highest BCUT2D eigenvalue weighted by Crippen LogP contribution is 2.20. The summed E-state index contributed by atoms with van der Waals surface area (Å²) in [4.78, 5) is 22.8. The van der Waals surface area contributed by atoms with Gasteiger partial charge in [0.2, 0.25) is 5.91 Å². The highest BCUT2D eigenvalue weighted by atomic mass is 16.1. The number of pyridine rings is 1. The van der Waals surface area contributed by atoms with Crippen LogP contribution in [0.2, 0.25) is 0 Å². The second-order valence-corrected chi connectivity index (χ2v) is 5.80. The van der Waals surface area contributed by atoms with Gasteiger partial charge in [-0.1, -0.05) is 6.07 Å². The minimum Gasteiger partial charge on any atom is -0.359 e. The van der Waals surface area contributed by atoms with Gasteiger partial charge >= 0.3 is 0 Å². The van der Waals surface area contributed by atoms with E-state index in [0.717, 1.165) is 44.1 Å². The standard InChI is InChI=1S/C17H27N5O/c1-3-19-17(21-13-15-6-4-5-9-20-15)22-10-7-14(8-11-22)12-16(23)18-2/h4-6,9,14H,3,7-8,10-13H2,1-2H3,(H,18,23)(H,19,21). The molecule has 0 aromatic carbocycles. The molecule has 6 heteroatoms. The molecule has 1 saturated heterocycles. The van der Waals surface area contributed by atoms with Crippen LogP contribution in [0.15, 0.2) is 29.4 Å². The van der Waals surface area contributed by atoms with E-state index >= 15 is 0 Å². The van der Waals surface area contributed by atoms with Crippen LogP contribution in [0.25, 0.3) is 0 Å². The molecule has 2 heterocycles. The van der Waals surface area contributed by atoms with Gasteiger partial charge < -0.3 is 15.5 Å². The van der Waals surface area contributed by atoms with E-state index < -0.39 is 0 Å². The number of rotatable bonds is 5. The molecule has 0 radical (unpaired) electrons. The van der Waals surface area contributed by atoms with Gasteiger partial charge in [0.1, 0.15) is 0 Å². The zero-order chi connectivity index (χ0) is 16.5. The second kappa shape index (κ2) is 9.12. The van der Waals surface area contributed by atoms with Crippen LogP contribution in [-0.2, 0) is 11.3 Å². The Morgan fingerprint density at radius 2 is 2.17 bits per heavy atom. The number of piperidine rings is 1. The van der Waals surface area contributed by atoms with Crippen molar-refractivity contribution in [2.45, 2.75) is 32.7 Å². The van der Waals surface area contributed by atoms with Gasteiger partial charge in [0.05, 0.1) is 12.2 Å². The number of nitrogens with zero attached hydrogens (tertiary/aromatic N) is 3. The summed E-state index contributed by atoms with van der Waals surface area (Å²) in [7, 11) is 1.70. The van der Waals surface area contributed by atoms with Crippen LogP contribution in [0, 0.1) is 5.92 Å². The smallest absolute Gasteiger partial charge is 0.220 e. The summed E-state index contributed by atoms with van der Waals surface area (Å²) < 4.78 is 0. The minimum atomic E-state index is 0.138. The van der Waals surface area contributed by atoms with Crippen molar-refractivity contribution in [2.24, 2.45) is 10.9 Å². The molecule has 0 bridgehead atoms. The average Bonchev–Trinajstić information content (AvgIpc) is 2.60. The molecule has 1 amide bonds. The highest BCUT2D eigenvalue weighted by molar-refractivity contribution is 5.80. The van der Waals surface area contributed by atoms with Crippen molar-refractivity contribution in [3.8, 4) is 0 Å². The summed E-state index contributed by atoms with van der Waals surface area (Å²) in [5.41, 5.74) is 0.970. The van der Waals surface area contributed by atoms with Crippen molar-refractivity contribution in [3.05, 3.63) is 30.1 Å². The maximum absolute atomic E-state index is 11.5. The van der Waals surface area contributed by atoms with Crippen LogP contribution in [0.1, 0.15) is 31.9 Å². The zero-order valence-electron chi connectivity index (χ0n) is 14.1. The summed E-state index contributed by atoms with van der Waals surface area (Å²) in [6.07, 6.45) is 4.48. The molecule has 6 nitrogen and oxygen atoms in total. The van der Waals surface area contributed by atoms with E-state index in [9.17, 15) is 4.79 Å². The lowest BCUT2D eigenvalue weighted by atomic mass is 9.93. The molecule has 23 heavy (non-hydrogen) atoms. The summed E-state index contributed by atoms with van der Waals surface area (Å²) in [5.74, 6) is 1.56. The van der Waals surface area contributed by atoms with Crippen LogP contribution in [0.3, 0.4) is 0 Å². The molecule has 0 saturated carbocycles. The molecular weight excluding hydrogens is 290 g/mol. The SMILES string of the molecule is CCNC(=NCc1ccccn1)N1CCC(CC(=O)NC)CC1. The van der Waals surface area contributed by atoms with Crippen molar-refractivity contribution in [1.29, 1.82) is 0 Å². The summed E-state index contributed by atoms with van der Waals surface area (Å²) in [6.45, 7) is 5.39. The molecule has 2 N–H and O–H groups in total. The third-order valence-corrected chi connectivity index (χ3v) is 4.12. The van der Waals surface area contributed by atoms with E-state index in [2.05, 4.69) is 27.4 Å². The molecule has 0 atom stereocenters. The third kappa shape index (κ3) is 5.54. The van der Waals surface area contributed by atoms with Crippen molar-refractivity contribution in [1.82, 2.24) is 20.5 Å². The van der Waals surface area contributed by atoms with Crippen LogP contribution in [0.5, 0.6) is 0 Å². The first-order valence-corrected chi connectivity index (χ1v) is 8.36. The van der Waals surface area contributed by atoms with Gasteiger partial charge in [0.15, 0.2) is 5.96 Å². The first kappa shape index (κ1) is 17.2. The molecule has 1 aromatic heterocycles. The van der Waals surface area contributed by atoms with Gasteiger partial charge in [-0.3, -0.25) is 9.78 Å². The van der Waals surface area contributed by atoms with Crippen LogP contribution < -0.4 is 10.6 Å². The Bertz CT molecular complexity index is 509. The summed E-state index contributed by atoms with van der Waals surface area (Å²) in [6, 6.07) is 5.88. The summed E-state index contributed by atoms with van der Waals surface area (Å²) in [5, 5.41) is 6.07. The molecule has 1 fully saturated rings. The van der Waals surface area contributed by atoms with Crippen LogP contribution >= 0.6 is 0 Å². The fourth-order valence-electron chi connectivity index (χ4n) is 2.79. The lowest BCUT2D eigenvalue weighted by Gasteiger charge is -2.34. The number of guanidine groups is 1. The van der Waals surface area contributed by atoms with Crippen molar-refractivity contribution in [2.75, 3.05) is 26.7 Å². The van der Waals surface area contributed by atoms with Gasteiger partial charge in [0.25, 0.3) is 0 Å². The highest BCUT2D eigenvalue weighted by Gasteiger charge is 2.22. The quantitative estimate of drug-likeness (QED) is 0.636. The van der Waals surface area contributed by atoms with Crippen molar-refractivity contribution >= 4 is 11.9 Å². The molecule has 0 aliphatic carbocycles. The Morgan fingerprint density at radius 3 is 2.78 bits per heavy atom. The number of carbonyl (C=O) groups is 1. The number of aromatic nitrogens is 1. The van der Waals surface area contributed by atoms with Crippen LogP contribution in [-0.4, -0.2) is 48.4 Å². The Labute approximate surface area is 138 Å². The first-order valence-electron chi connectivity index (χ1n) is 8.36. The largest absolute Gasteiger partial charge is 0.359 e. The Kier molecular flexibility index (Phi) is 6.84. The predicted octanol–water partition coefficient (Wildman–Crippen LogP) is 1.40. The number of aliphatic imine (C=N–C) groups is 1. The van der Waals surface area contributed by atoms with Gasteiger partial charge in [-0.25, -0.2) is 4.99 Å². The summed E-state index contributed by atoms with van der Waals surface area (Å²) >= 11 is 0. The molecule has 1 aliphatic heterocycles. The molecule has 0 spiro atoms. The number of carbonyl (C=O) groups excluding carboxylic acids is 1. The van der Waals surface area contributed by atoms with Gasteiger partial charge in [0, 0.05) is 39.3 Å². The number of amides is 1. The second-order valence-electron chi connectivity index (χ2n) is 5.80. The van der Waals surface area contributed by atoms with E-state index in [4.69, 9.17) is 4.99 Å². The van der Waals surface area contributed by atoms with Crippen molar-refractivity contribution < 1.29 is 4.79 Å². The number of likely N-dealkylation sites (tertiary alicyclic amines) is 1. The maximum atomic E-state index is 11.5. The molecule has 1 aliphatic rings. The number of hydrogen-bond donors (Lipinski definition) is 2. The Hall–Kier alpha value is -2.11. The Morgan fingerprint density at radius 1 is 1.39 bits per heavy atom. The van der Waals surface area contributed by atoms with Gasteiger partial charge in [-0.05, 0) is 37.8 Å². The third-order valence-electron chi connectivity index (χ3n) is 4.12. The molecule has 0 unspecified atom stereocenters. The van der Waals surface area contributed by atoms with E-state index in [1.165, 1.54) is 0 Å². The van der Waals surface area contributed by atoms with Gasteiger partial charge in [-0.15, -0.1) is 0 Å². The van der Waals surface area contributed by atoms with E-state index in [0.29, 0.717) is 18.9 Å². The molecule has 1 aromatic rings. The lowest BCUT2D eigenvalue weighted by molar-refractivity contribution is -0.121. The fraction of sp³-hybridized carbons (Fsp3) is 0.588. The first-order chi connectivity index (χ1) is 11.2. The van der Waals surface area contributed by atoms with E-state index in [-0.39, 0.29) is 5.91 Å². The van der Waals surface area contributed by atoms with E-state index in [1.807, 2.05) is 18.2 Å². The van der Waals surface area contributed by atoms with Crippen LogP contribution in [0.4, 0.5) is 0 Å². The average molecular weight is 317 g/mol. The molecule has 2 rings (SSSR count). The topological polar surface area (TPSA) is 69.6 Å². The van der Waals surface area contributed by atoms with Gasteiger partial charge in [-0.2, -0.15) is 0 Å². The normalized spacial score (nSPS) is 16.3. The molecule has 126 valence electrons. The molecular formula is C17H27N5O. The van der Waals surface area contributed by atoms with E-state index in [1.54, 1.807) is 13.2 Å².